The molecule has 1 aromatic carbocycles. The van der Waals surface area contributed by atoms with Crippen molar-refractivity contribution in [1.82, 2.24) is 5.32 Å². The zero-order valence-corrected chi connectivity index (χ0v) is 10.0. The summed E-state index contributed by atoms with van der Waals surface area (Å²) in [4.78, 5) is 1.07. The molecule has 1 nitrogen and oxygen atoms in total. The quantitative estimate of drug-likeness (QED) is 0.855. The molecule has 0 atom stereocenters. The summed E-state index contributed by atoms with van der Waals surface area (Å²) in [6.07, 6.45) is -2.29. The van der Waals surface area contributed by atoms with Gasteiger partial charge in [-0.25, -0.2) is 8.78 Å². The van der Waals surface area contributed by atoms with Crippen LogP contribution in [-0.4, -0.2) is 13.0 Å². The first-order valence-corrected chi connectivity index (χ1v) is 6.25. The number of nitrogens with one attached hydrogen (secondary N) is 1. The number of hydrogen-bond donors (Lipinski definition) is 1. The average molecular weight is 253 g/mol. The molecule has 0 aliphatic rings. The fourth-order valence-corrected chi connectivity index (χ4v) is 2.42. The van der Waals surface area contributed by atoms with Gasteiger partial charge in [-0.05, 0) is 22.6 Å². The van der Waals surface area contributed by atoms with Crippen molar-refractivity contribution in [2.45, 2.75) is 13.0 Å². The molecule has 2 aromatic rings. The van der Waals surface area contributed by atoms with Gasteiger partial charge in [-0.15, -0.1) is 11.3 Å². The van der Waals surface area contributed by atoms with Gasteiger partial charge in [0.2, 0.25) is 0 Å². The highest BCUT2D eigenvalue weighted by Crippen LogP contribution is 2.25. The minimum absolute atomic E-state index is 0.251. The number of thiophene rings is 1. The fraction of sp³-hybridized carbons (Fsp3) is 0.231. The fourth-order valence-electron chi connectivity index (χ4n) is 1.56. The van der Waals surface area contributed by atoms with Crippen molar-refractivity contribution in [3.8, 4) is 11.1 Å². The maximum Gasteiger partial charge on any atom is 0.250 e. The van der Waals surface area contributed by atoms with E-state index in [-0.39, 0.29) is 6.54 Å². The Bertz CT molecular complexity index is 453. The highest BCUT2D eigenvalue weighted by molar-refractivity contribution is 7.10. The van der Waals surface area contributed by atoms with Crippen LogP contribution in [0.1, 0.15) is 4.88 Å². The summed E-state index contributed by atoms with van der Waals surface area (Å²) in [5.41, 5.74) is 2.30. The normalized spacial score (nSPS) is 11.0. The molecule has 1 aromatic heterocycles. The van der Waals surface area contributed by atoms with Gasteiger partial charge in [-0.3, -0.25) is 0 Å². The second kappa shape index (κ2) is 5.89. The summed E-state index contributed by atoms with van der Waals surface area (Å²) >= 11 is 1.59. The van der Waals surface area contributed by atoms with E-state index in [9.17, 15) is 8.78 Å². The van der Waals surface area contributed by atoms with Gasteiger partial charge in [-0.2, -0.15) is 0 Å². The van der Waals surface area contributed by atoms with Crippen LogP contribution in [0.3, 0.4) is 0 Å². The molecular formula is C13H13F2NS. The summed E-state index contributed by atoms with van der Waals surface area (Å²) in [5.74, 6) is 0. The van der Waals surface area contributed by atoms with Gasteiger partial charge in [0.25, 0.3) is 6.43 Å². The molecule has 2 rings (SSSR count). The van der Waals surface area contributed by atoms with Gasteiger partial charge >= 0.3 is 0 Å². The molecule has 0 unspecified atom stereocenters. The lowest BCUT2D eigenvalue weighted by atomic mass is 10.1. The van der Waals surface area contributed by atoms with E-state index < -0.39 is 6.43 Å². The van der Waals surface area contributed by atoms with E-state index in [1.54, 1.807) is 11.3 Å². The number of rotatable bonds is 5. The first-order valence-electron chi connectivity index (χ1n) is 5.37. The third-order valence-electron chi connectivity index (χ3n) is 2.36. The van der Waals surface area contributed by atoms with Crippen molar-refractivity contribution >= 4 is 11.3 Å². The number of halogens is 2. The summed E-state index contributed by atoms with van der Waals surface area (Å²) < 4.78 is 23.9. The van der Waals surface area contributed by atoms with E-state index in [4.69, 9.17) is 0 Å². The minimum atomic E-state index is -2.29. The molecule has 17 heavy (non-hydrogen) atoms. The molecule has 0 bridgehead atoms. The predicted molar refractivity (Wildman–Crippen MR) is 67.5 cm³/mol. The van der Waals surface area contributed by atoms with E-state index in [1.807, 2.05) is 36.4 Å². The Balaban J connectivity index is 1.97. The first kappa shape index (κ1) is 12.2. The zero-order valence-electron chi connectivity index (χ0n) is 9.20. The van der Waals surface area contributed by atoms with Crippen LogP contribution in [0.4, 0.5) is 8.78 Å². The molecule has 0 saturated heterocycles. The van der Waals surface area contributed by atoms with Crippen molar-refractivity contribution in [2.24, 2.45) is 0 Å². The van der Waals surface area contributed by atoms with Crippen LogP contribution in [0, 0.1) is 0 Å². The second-order valence-electron chi connectivity index (χ2n) is 3.69. The Morgan fingerprint density at radius 2 is 1.88 bits per heavy atom. The Hall–Kier alpha value is -1.26. The predicted octanol–water partition coefficient (Wildman–Crippen LogP) is 3.77. The van der Waals surface area contributed by atoms with Crippen molar-refractivity contribution < 1.29 is 8.78 Å². The molecule has 0 radical (unpaired) electrons. The standard InChI is InChI=1S/C13H13F2NS/c14-13(15)8-16-7-12-6-11(9-17-12)10-4-2-1-3-5-10/h1-6,9,13,16H,7-8H2. The molecule has 90 valence electrons. The van der Waals surface area contributed by atoms with Crippen molar-refractivity contribution in [3.63, 3.8) is 0 Å². The smallest absolute Gasteiger partial charge is 0.250 e. The van der Waals surface area contributed by atoms with Crippen LogP contribution in [0.2, 0.25) is 0 Å². The third-order valence-corrected chi connectivity index (χ3v) is 3.30. The van der Waals surface area contributed by atoms with Gasteiger partial charge in [0, 0.05) is 11.4 Å². The van der Waals surface area contributed by atoms with Gasteiger partial charge in [0.05, 0.1) is 6.54 Å². The van der Waals surface area contributed by atoms with Gasteiger partial charge < -0.3 is 5.32 Å². The average Bonchev–Trinajstić information content (AvgIpc) is 2.78. The maximum absolute atomic E-state index is 11.9. The van der Waals surface area contributed by atoms with E-state index in [0.717, 1.165) is 16.0 Å². The molecule has 4 heteroatoms. The Labute approximate surface area is 103 Å². The molecule has 0 amide bonds. The largest absolute Gasteiger partial charge is 0.306 e. The van der Waals surface area contributed by atoms with E-state index in [1.165, 1.54) is 0 Å². The Kier molecular flexibility index (Phi) is 4.23. The van der Waals surface area contributed by atoms with Crippen LogP contribution in [0.5, 0.6) is 0 Å². The van der Waals surface area contributed by atoms with Crippen molar-refractivity contribution in [2.75, 3.05) is 6.54 Å². The molecule has 1 N–H and O–H groups in total. The number of hydrogen-bond acceptors (Lipinski definition) is 2. The molecule has 1 heterocycles. The zero-order chi connectivity index (χ0) is 12.1. The van der Waals surface area contributed by atoms with E-state index >= 15 is 0 Å². The third kappa shape index (κ3) is 3.61. The summed E-state index contributed by atoms with van der Waals surface area (Å²) in [7, 11) is 0. The lowest BCUT2D eigenvalue weighted by molar-refractivity contribution is 0.145. The van der Waals surface area contributed by atoms with Crippen LogP contribution < -0.4 is 5.32 Å². The Morgan fingerprint density at radius 3 is 2.59 bits per heavy atom. The molecular weight excluding hydrogens is 240 g/mol. The van der Waals surface area contributed by atoms with Crippen molar-refractivity contribution in [3.05, 3.63) is 46.7 Å². The number of benzene rings is 1. The van der Waals surface area contributed by atoms with Crippen LogP contribution in [0.25, 0.3) is 11.1 Å². The van der Waals surface area contributed by atoms with Crippen LogP contribution in [-0.2, 0) is 6.54 Å². The van der Waals surface area contributed by atoms with Crippen molar-refractivity contribution in [1.29, 1.82) is 0 Å². The second-order valence-corrected chi connectivity index (χ2v) is 4.69. The Morgan fingerprint density at radius 1 is 1.12 bits per heavy atom. The minimum Gasteiger partial charge on any atom is -0.306 e. The summed E-state index contributed by atoms with van der Waals surface area (Å²) in [6.45, 7) is 0.250. The van der Waals surface area contributed by atoms with E-state index in [0.29, 0.717) is 6.54 Å². The maximum atomic E-state index is 11.9. The lowest BCUT2D eigenvalue weighted by Crippen LogP contribution is -2.19. The summed E-state index contributed by atoms with van der Waals surface area (Å²) in [6, 6.07) is 12.1. The monoisotopic (exact) mass is 253 g/mol. The topological polar surface area (TPSA) is 12.0 Å². The van der Waals surface area contributed by atoms with Gasteiger partial charge in [0.1, 0.15) is 0 Å². The number of alkyl halides is 2. The molecule has 0 fully saturated rings. The molecule has 0 spiro atoms. The SMILES string of the molecule is FC(F)CNCc1cc(-c2ccccc2)cs1. The first-order chi connectivity index (χ1) is 8.25. The van der Waals surface area contributed by atoms with Crippen LogP contribution in [0.15, 0.2) is 41.8 Å². The van der Waals surface area contributed by atoms with Gasteiger partial charge in [0.15, 0.2) is 0 Å². The highest BCUT2D eigenvalue weighted by Gasteiger charge is 2.04. The van der Waals surface area contributed by atoms with E-state index in [2.05, 4.69) is 10.7 Å². The molecule has 0 aliphatic carbocycles. The highest BCUT2D eigenvalue weighted by atomic mass is 32.1. The van der Waals surface area contributed by atoms with Crippen LogP contribution >= 0.6 is 11.3 Å². The lowest BCUT2D eigenvalue weighted by Gasteiger charge is -2.00. The van der Waals surface area contributed by atoms with Gasteiger partial charge in [-0.1, -0.05) is 30.3 Å². The molecule has 0 saturated carbocycles. The summed E-state index contributed by atoms with van der Waals surface area (Å²) in [5, 5.41) is 4.78. The molecule has 0 aliphatic heterocycles.